The van der Waals surface area contributed by atoms with Crippen LogP contribution in [0.25, 0.3) is 0 Å². The van der Waals surface area contributed by atoms with Gasteiger partial charge in [-0.15, -0.1) is 24.0 Å². The van der Waals surface area contributed by atoms with E-state index in [0.717, 1.165) is 24.7 Å². The molecule has 2 aromatic carbocycles. The highest BCUT2D eigenvalue weighted by atomic mass is 127. The Hall–Kier alpha value is -2.29. The van der Waals surface area contributed by atoms with E-state index in [4.69, 9.17) is 0 Å². The van der Waals surface area contributed by atoms with Crippen molar-refractivity contribution >= 4 is 41.5 Å². The number of nitrogens with zero attached hydrogens (tertiary/aromatic N) is 2. The van der Waals surface area contributed by atoms with E-state index in [9.17, 15) is 4.79 Å². The Morgan fingerprint density at radius 1 is 1.04 bits per heavy atom. The monoisotopic (exact) mass is 493 g/mol. The van der Waals surface area contributed by atoms with Crippen LogP contribution in [0.1, 0.15) is 16.7 Å². The quantitative estimate of drug-likeness (QED) is 0.340. The lowest BCUT2D eigenvalue weighted by Crippen LogP contribution is -2.47. The number of aliphatic imine (C=N–C) groups is 1. The van der Waals surface area contributed by atoms with Crippen molar-refractivity contribution < 1.29 is 4.79 Å². The Kier molecular flexibility index (Phi) is 8.56. The normalized spacial score (nSPS) is 14.1. The van der Waals surface area contributed by atoms with Crippen LogP contribution in [0.4, 0.5) is 5.69 Å². The highest BCUT2D eigenvalue weighted by Gasteiger charge is 2.16. The molecule has 1 aliphatic heterocycles. The number of nitrogens with one attached hydrogen (secondary N) is 3. The van der Waals surface area contributed by atoms with Gasteiger partial charge >= 0.3 is 0 Å². The molecule has 0 aliphatic carbocycles. The third-order valence-electron chi connectivity index (χ3n) is 4.60. The summed E-state index contributed by atoms with van der Waals surface area (Å²) in [7, 11) is 1.77. The van der Waals surface area contributed by atoms with Gasteiger partial charge in [-0.2, -0.15) is 0 Å². The molecule has 0 spiro atoms. The first-order chi connectivity index (χ1) is 13.1. The van der Waals surface area contributed by atoms with E-state index in [1.54, 1.807) is 7.05 Å². The first-order valence-corrected chi connectivity index (χ1v) is 9.25. The molecular formula is C21H28IN5O. The fraction of sp³-hybridized carbons (Fsp3) is 0.333. The molecule has 1 amide bonds. The van der Waals surface area contributed by atoms with Crippen molar-refractivity contribution in [1.29, 1.82) is 0 Å². The zero-order chi connectivity index (χ0) is 19.1. The van der Waals surface area contributed by atoms with Crippen LogP contribution in [-0.2, 0) is 17.9 Å². The van der Waals surface area contributed by atoms with Gasteiger partial charge in [0.25, 0.3) is 0 Å². The van der Waals surface area contributed by atoms with Gasteiger partial charge in [-0.1, -0.05) is 42.0 Å². The number of rotatable bonds is 5. The number of carbonyl (C=O) groups is 1. The molecule has 1 aliphatic rings. The first kappa shape index (κ1) is 22.0. The summed E-state index contributed by atoms with van der Waals surface area (Å²) in [5.74, 6) is 0.850. The minimum atomic E-state index is 0. The Labute approximate surface area is 183 Å². The molecule has 1 fully saturated rings. The number of guanidine groups is 1. The second-order valence-corrected chi connectivity index (χ2v) is 6.70. The number of carbonyl (C=O) groups excluding carboxylic acids is 1. The van der Waals surface area contributed by atoms with Gasteiger partial charge in [-0.3, -0.25) is 9.79 Å². The SMILES string of the molecule is CN=C(NCc1ccc(C)cc1)NCc1ccc(N2CCNC(=O)C2)cc1.I. The maximum absolute atomic E-state index is 11.5. The number of amides is 1. The lowest BCUT2D eigenvalue weighted by Gasteiger charge is -2.28. The van der Waals surface area contributed by atoms with Crippen LogP contribution >= 0.6 is 24.0 Å². The minimum Gasteiger partial charge on any atom is -0.360 e. The van der Waals surface area contributed by atoms with Crippen molar-refractivity contribution in [2.75, 3.05) is 31.6 Å². The predicted molar refractivity (Wildman–Crippen MR) is 125 cm³/mol. The topological polar surface area (TPSA) is 68.8 Å². The molecule has 3 rings (SSSR count). The van der Waals surface area contributed by atoms with Crippen molar-refractivity contribution in [2.24, 2.45) is 4.99 Å². The van der Waals surface area contributed by atoms with Gasteiger partial charge < -0.3 is 20.9 Å². The van der Waals surface area contributed by atoms with Crippen molar-refractivity contribution in [2.45, 2.75) is 20.0 Å². The van der Waals surface area contributed by atoms with E-state index in [1.165, 1.54) is 16.7 Å². The fourth-order valence-corrected chi connectivity index (χ4v) is 2.98. The molecule has 6 nitrogen and oxygen atoms in total. The molecule has 0 bridgehead atoms. The number of aryl methyl sites for hydroxylation is 1. The summed E-state index contributed by atoms with van der Waals surface area (Å²) in [5.41, 5.74) is 4.72. The largest absolute Gasteiger partial charge is 0.360 e. The Balaban J connectivity index is 0.00000280. The van der Waals surface area contributed by atoms with E-state index in [-0.39, 0.29) is 29.9 Å². The molecule has 150 valence electrons. The molecule has 0 atom stereocenters. The van der Waals surface area contributed by atoms with E-state index in [1.807, 2.05) is 0 Å². The maximum atomic E-state index is 11.5. The summed E-state index contributed by atoms with van der Waals surface area (Å²) >= 11 is 0. The molecule has 0 saturated carbocycles. The molecule has 1 saturated heterocycles. The van der Waals surface area contributed by atoms with Gasteiger partial charge in [-0.25, -0.2) is 0 Å². The number of hydrogen-bond acceptors (Lipinski definition) is 3. The number of hydrogen-bond donors (Lipinski definition) is 3. The summed E-state index contributed by atoms with van der Waals surface area (Å²) in [6.45, 7) is 5.48. The van der Waals surface area contributed by atoms with E-state index in [0.29, 0.717) is 19.6 Å². The zero-order valence-corrected chi connectivity index (χ0v) is 18.7. The Bertz CT molecular complexity index is 789. The third-order valence-corrected chi connectivity index (χ3v) is 4.60. The summed E-state index contributed by atoms with van der Waals surface area (Å²) in [6, 6.07) is 16.8. The average Bonchev–Trinajstić information content (AvgIpc) is 2.70. The number of halogens is 1. The highest BCUT2D eigenvalue weighted by Crippen LogP contribution is 2.16. The van der Waals surface area contributed by atoms with Crippen LogP contribution in [0.15, 0.2) is 53.5 Å². The lowest BCUT2D eigenvalue weighted by atomic mass is 10.1. The predicted octanol–water partition coefficient (Wildman–Crippen LogP) is 2.41. The van der Waals surface area contributed by atoms with Gasteiger partial charge in [0.2, 0.25) is 5.91 Å². The molecule has 1 heterocycles. The second kappa shape index (κ2) is 10.9. The van der Waals surface area contributed by atoms with Crippen LogP contribution in [0.2, 0.25) is 0 Å². The maximum Gasteiger partial charge on any atom is 0.239 e. The summed E-state index contributed by atoms with van der Waals surface area (Å²) in [6.07, 6.45) is 0. The molecule has 2 aromatic rings. The molecule has 0 unspecified atom stereocenters. The minimum absolute atomic E-state index is 0. The van der Waals surface area contributed by atoms with Gasteiger partial charge in [-0.05, 0) is 30.2 Å². The number of piperazine rings is 1. The molecule has 0 aromatic heterocycles. The van der Waals surface area contributed by atoms with E-state index < -0.39 is 0 Å². The Morgan fingerprint density at radius 2 is 1.61 bits per heavy atom. The van der Waals surface area contributed by atoms with E-state index >= 15 is 0 Å². The fourth-order valence-electron chi connectivity index (χ4n) is 2.98. The smallest absolute Gasteiger partial charge is 0.239 e. The van der Waals surface area contributed by atoms with Crippen LogP contribution < -0.4 is 20.9 Å². The van der Waals surface area contributed by atoms with Crippen molar-refractivity contribution in [1.82, 2.24) is 16.0 Å². The standard InChI is InChI=1S/C21H27N5O.HI/c1-16-3-5-17(6-4-16)13-24-21(22-2)25-14-18-7-9-19(10-8-18)26-12-11-23-20(27)15-26;/h3-10H,11-15H2,1-2H3,(H,23,27)(H2,22,24,25);1H. The lowest BCUT2D eigenvalue weighted by molar-refractivity contribution is -0.120. The number of anilines is 1. The van der Waals surface area contributed by atoms with Crippen molar-refractivity contribution in [3.05, 3.63) is 65.2 Å². The van der Waals surface area contributed by atoms with Crippen LogP contribution in [0.3, 0.4) is 0 Å². The van der Waals surface area contributed by atoms with Gasteiger partial charge in [0, 0.05) is 38.9 Å². The molecule has 3 N–H and O–H groups in total. The molecule has 28 heavy (non-hydrogen) atoms. The summed E-state index contributed by atoms with van der Waals surface area (Å²) in [4.78, 5) is 17.9. The third kappa shape index (κ3) is 6.40. The van der Waals surface area contributed by atoms with Gasteiger partial charge in [0.15, 0.2) is 5.96 Å². The molecule has 7 heteroatoms. The van der Waals surface area contributed by atoms with Crippen LogP contribution in [0, 0.1) is 6.92 Å². The van der Waals surface area contributed by atoms with Crippen molar-refractivity contribution in [3.63, 3.8) is 0 Å². The second-order valence-electron chi connectivity index (χ2n) is 6.70. The Morgan fingerprint density at radius 3 is 2.14 bits per heavy atom. The van der Waals surface area contributed by atoms with Gasteiger partial charge in [0.1, 0.15) is 0 Å². The zero-order valence-electron chi connectivity index (χ0n) is 16.4. The summed E-state index contributed by atoms with van der Waals surface area (Å²) in [5, 5.41) is 9.51. The average molecular weight is 493 g/mol. The van der Waals surface area contributed by atoms with Crippen molar-refractivity contribution in [3.8, 4) is 0 Å². The van der Waals surface area contributed by atoms with Gasteiger partial charge in [0.05, 0.1) is 6.54 Å². The highest BCUT2D eigenvalue weighted by molar-refractivity contribution is 14.0. The van der Waals surface area contributed by atoms with E-state index in [2.05, 4.69) is 81.3 Å². The molecule has 0 radical (unpaired) electrons. The first-order valence-electron chi connectivity index (χ1n) is 9.25. The van der Waals surface area contributed by atoms with Crippen LogP contribution in [-0.4, -0.2) is 38.5 Å². The van der Waals surface area contributed by atoms with Crippen LogP contribution in [0.5, 0.6) is 0 Å². The molecular weight excluding hydrogens is 465 g/mol. The summed E-state index contributed by atoms with van der Waals surface area (Å²) < 4.78 is 0. The number of benzene rings is 2.